The number of carbonyl (C=O) groups excluding carboxylic acids is 1. The fourth-order valence-corrected chi connectivity index (χ4v) is 4.45. The highest BCUT2D eigenvalue weighted by Gasteiger charge is 2.23. The van der Waals surface area contributed by atoms with E-state index in [4.69, 9.17) is 19.9 Å². The summed E-state index contributed by atoms with van der Waals surface area (Å²) in [4.78, 5) is 14.2. The summed E-state index contributed by atoms with van der Waals surface area (Å²) in [6, 6.07) is 23.2. The first-order valence-corrected chi connectivity index (χ1v) is 14.7. The summed E-state index contributed by atoms with van der Waals surface area (Å²) < 4.78 is 16.3. The van der Waals surface area contributed by atoms with Gasteiger partial charge in [0.05, 0.1) is 36.6 Å². The minimum Gasteiger partial charge on any atom is -0.490 e. The van der Waals surface area contributed by atoms with Crippen LogP contribution in [0.4, 0.5) is 5.69 Å². The van der Waals surface area contributed by atoms with E-state index in [1.807, 2.05) is 69.3 Å². The molecule has 4 rings (SSSR count). The predicted molar refractivity (Wildman–Crippen MR) is 166 cm³/mol. The van der Waals surface area contributed by atoms with E-state index in [0.717, 1.165) is 68.1 Å². The molecular weight excluding hydrogens is 514 g/mol. The van der Waals surface area contributed by atoms with E-state index in [-0.39, 0.29) is 5.97 Å². The summed E-state index contributed by atoms with van der Waals surface area (Å²) in [7, 11) is 0. The lowest BCUT2D eigenvalue weighted by Gasteiger charge is -2.20. The largest absolute Gasteiger partial charge is 0.490 e. The summed E-state index contributed by atoms with van der Waals surface area (Å²) in [6.45, 7) is 12.1. The van der Waals surface area contributed by atoms with Gasteiger partial charge in [-0.25, -0.2) is 4.79 Å². The number of nitriles is 1. The first-order valence-electron chi connectivity index (χ1n) is 14.7. The van der Waals surface area contributed by atoms with Crippen LogP contribution in [0.3, 0.4) is 0 Å². The van der Waals surface area contributed by atoms with E-state index < -0.39 is 0 Å². The van der Waals surface area contributed by atoms with Crippen molar-refractivity contribution in [2.75, 3.05) is 44.4 Å². The minimum absolute atomic E-state index is 0.295. The molecule has 1 aliphatic rings. The Morgan fingerprint density at radius 3 is 2.29 bits per heavy atom. The molecule has 2 N–H and O–H groups in total. The number of benzene rings is 3. The first kappa shape index (κ1) is 33.2. The number of carbonyl (C=O) groups is 1. The molecule has 0 bridgehead atoms. The number of fused-ring (bicyclic) bond motifs is 1. The fraction of sp³-hybridized carbons (Fsp3) is 0.412. The van der Waals surface area contributed by atoms with Gasteiger partial charge in [0.2, 0.25) is 0 Å². The van der Waals surface area contributed by atoms with Crippen LogP contribution in [0.15, 0.2) is 66.7 Å². The van der Waals surface area contributed by atoms with E-state index >= 15 is 0 Å². The molecule has 0 spiro atoms. The van der Waals surface area contributed by atoms with Crippen LogP contribution in [0.25, 0.3) is 0 Å². The number of hydrogen-bond acceptors (Lipinski definition) is 7. The highest BCUT2D eigenvalue weighted by Crippen LogP contribution is 2.33. The Morgan fingerprint density at radius 2 is 1.66 bits per heavy atom. The zero-order valence-electron chi connectivity index (χ0n) is 25.0. The van der Waals surface area contributed by atoms with Gasteiger partial charge in [0.15, 0.2) is 11.5 Å². The highest BCUT2D eigenvalue weighted by atomic mass is 16.5. The van der Waals surface area contributed by atoms with Crippen LogP contribution >= 0.6 is 0 Å². The van der Waals surface area contributed by atoms with Crippen molar-refractivity contribution in [2.24, 2.45) is 5.73 Å². The second-order valence-corrected chi connectivity index (χ2v) is 9.12. The second-order valence-electron chi connectivity index (χ2n) is 9.12. The van der Waals surface area contributed by atoms with Crippen molar-refractivity contribution in [2.45, 2.75) is 53.4 Å². The van der Waals surface area contributed by atoms with Gasteiger partial charge in [-0.05, 0) is 80.6 Å². The average molecular weight is 560 g/mol. The van der Waals surface area contributed by atoms with Gasteiger partial charge in [-0.1, -0.05) is 57.2 Å². The number of nitrogens with zero attached hydrogens (tertiary/aromatic N) is 2. The molecule has 0 atom stereocenters. The molecule has 220 valence electrons. The molecule has 7 nitrogen and oxygen atoms in total. The van der Waals surface area contributed by atoms with Crippen LogP contribution in [-0.4, -0.2) is 45.4 Å². The maximum atomic E-state index is 11.9. The molecule has 0 fully saturated rings. The molecule has 0 unspecified atom stereocenters. The van der Waals surface area contributed by atoms with Crippen LogP contribution in [0.1, 0.15) is 67.6 Å². The summed E-state index contributed by atoms with van der Waals surface area (Å²) in [5.41, 5.74) is 10.3. The van der Waals surface area contributed by atoms with Gasteiger partial charge < -0.3 is 24.8 Å². The number of ether oxygens (including phenoxy) is 3. The lowest BCUT2D eigenvalue weighted by molar-refractivity contribution is 0.0502. The van der Waals surface area contributed by atoms with Crippen LogP contribution in [0, 0.1) is 11.3 Å². The number of anilines is 1. The van der Waals surface area contributed by atoms with Crippen molar-refractivity contribution in [3.05, 3.63) is 89.0 Å². The molecule has 0 saturated heterocycles. The van der Waals surface area contributed by atoms with Gasteiger partial charge >= 0.3 is 5.97 Å². The predicted octanol–water partition coefficient (Wildman–Crippen LogP) is 6.57. The Labute approximate surface area is 245 Å². The summed E-state index contributed by atoms with van der Waals surface area (Å²) in [6.07, 6.45) is 3.47. The third-order valence-electron chi connectivity index (χ3n) is 6.20. The van der Waals surface area contributed by atoms with E-state index in [1.165, 1.54) is 5.56 Å². The maximum absolute atomic E-state index is 11.9. The molecular formula is C34H45N3O4. The van der Waals surface area contributed by atoms with Crippen molar-refractivity contribution < 1.29 is 19.0 Å². The van der Waals surface area contributed by atoms with Gasteiger partial charge in [-0.3, -0.25) is 0 Å². The topological polar surface area (TPSA) is 97.8 Å². The molecule has 0 saturated carbocycles. The van der Waals surface area contributed by atoms with E-state index in [9.17, 15) is 10.1 Å². The van der Waals surface area contributed by atoms with Gasteiger partial charge in [-0.15, -0.1) is 0 Å². The van der Waals surface area contributed by atoms with Gasteiger partial charge in [0, 0.05) is 13.1 Å². The Bertz CT molecular complexity index is 1220. The first-order chi connectivity index (χ1) is 20.1. The maximum Gasteiger partial charge on any atom is 0.338 e. The second kappa shape index (κ2) is 19.1. The Morgan fingerprint density at radius 1 is 0.976 bits per heavy atom. The molecule has 3 aromatic rings. The van der Waals surface area contributed by atoms with Gasteiger partial charge in [0.25, 0.3) is 0 Å². The summed E-state index contributed by atoms with van der Waals surface area (Å²) in [5, 5.41) is 9.51. The smallest absolute Gasteiger partial charge is 0.338 e. The number of para-hydroxylation sites is 2. The quantitative estimate of drug-likeness (QED) is 0.198. The zero-order chi connectivity index (χ0) is 29.9. The third-order valence-corrected chi connectivity index (χ3v) is 6.20. The Balaban J connectivity index is 0.000000330. The number of esters is 1. The molecule has 3 aromatic carbocycles. The zero-order valence-corrected chi connectivity index (χ0v) is 25.0. The van der Waals surface area contributed by atoms with Crippen LogP contribution in [0.2, 0.25) is 0 Å². The standard InChI is InChI=1S/C21H23N3O2.C11H16O2.C2H6/c22-9-7-16-13-18-8-11-24(20(18)19(14-16)15-23)10-4-12-26-21(25)17-5-2-1-3-6-17;1-3-9-13-11-8-6-5-7-10(11)12-4-2;1-2/h1-3,5-6,13-14H,4,7-12,22H2;5-8H,3-4,9H2,1-2H3;1-2H3. The minimum atomic E-state index is -0.295. The molecule has 7 heteroatoms. The van der Waals surface area contributed by atoms with Crippen molar-refractivity contribution in [3.8, 4) is 17.6 Å². The van der Waals surface area contributed by atoms with Crippen molar-refractivity contribution in [1.82, 2.24) is 0 Å². The molecule has 0 aliphatic carbocycles. The lowest BCUT2D eigenvalue weighted by atomic mass is 10.0. The average Bonchev–Trinajstić information content (AvgIpc) is 3.43. The molecule has 1 aliphatic heterocycles. The fourth-order valence-electron chi connectivity index (χ4n) is 4.45. The number of rotatable bonds is 12. The molecule has 41 heavy (non-hydrogen) atoms. The van der Waals surface area contributed by atoms with E-state index in [1.54, 1.807) is 12.1 Å². The summed E-state index contributed by atoms with van der Waals surface area (Å²) in [5.74, 6) is 1.38. The highest BCUT2D eigenvalue weighted by molar-refractivity contribution is 5.89. The SMILES string of the molecule is CC.CCCOc1ccccc1OCC.N#Cc1cc(CCN)cc2c1N(CCCOC(=O)c1ccccc1)CC2. The number of hydrogen-bond donors (Lipinski definition) is 1. The van der Waals surface area contributed by atoms with Crippen LogP contribution in [-0.2, 0) is 17.6 Å². The normalized spacial score (nSPS) is 11.2. The van der Waals surface area contributed by atoms with Crippen molar-refractivity contribution in [3.63, 3.8) is 0 Å². The molecule has 1 heterocycles. The Kier molecular flexibility index (Phi) is 15.5. The number of nitrogens with two attached hydrogens (primary N) is 1. The van der Waals surface area contributed by atoms with E-state index in [0.29, 0.717) is 30.9 Å². The third kappa shape index (κ3) is 10.5. The molecule has 0 amide bonds. The molecule has 0 aromatic heterocycles. The Hall–Kier alpha value is -4.02. The van der Waals surface area contributed by atoms with Gasteiger partial charge in [-0.2, -0.15) is 5.26 Å². The van der Waals surface area contributed by atoms with Crippen molar-refractivity contribution >= 4 is 11.7 Å². The van der Waals surface area contributed by atoms with Gasteiger partial charge in [0.1, 0.15) is 6.07 Å². The summed E-state index contributed by atoms with van der Waals surface area (Å²) >= 11 is 0. The molecule has 0 radical (unpaired) electrons. The van der Waals surface area contributed by atoms with Crippen LogP contribution in [0.5, 0.6) is 11.5 Å². The van der Waals surface area contributed by atoms with Crippen LogP contribution < -0.4 is 20.1 Å². The lowest BCUT2D eigenvalue weighted by Crippen LogP contribution is -2.24. The monoisotopic (exact) mass is 559 g/mol. The van der Waals surface area contributed by atoms with E-state index in [2.05, 4.69) is 24.0 Å². The van der Waals surface area contributed by atoms with Crippen molar-refractivity contribution in [1.29, 1.82) is 5.26 Å².